The van der Waals surface area contributed by atoms with Crippen LogP contribution < -0.4 is 0 Å². The summed E-state index contributed by atoms with van der Waals surface area (Å²) in [5.41, 5.74) is 4.67. The lowest BCUT2D eigenvalue weighted by molar-refractivity contribution is -0.299. The summed E-state index contributed by atoms with van der Waals surface area (Å²) in [5, 5.41) is 0. The van der Waals surface area contributed by atoms with Gasteiger partial charge in [-0.25, -0.2) is 0 Å². The smallest absolute Gasteiger partial charge is 0.196 e. The highest BCUT2D eigenvalue weighted by atomic mass is 16.7. The van der Waals surface area contributed by atoms with Crippen LogP contribution in [0.25, 0.3) is 0 Å². The highest BCUT2D eigenvalue weighted by Gasteiger charge is 2.54. The van der Waals surface area contributed by atoms with E-state index in [4.69, 9.17) is 9.47 Å². The molecule has 0 unspecified atom stereocenters. The lowest BCUT2D eigenvalue weighted by Crippen LogP contribution is -2.39. The Balaban J connectivity index is 1.63. The summed E-state index contributed by atoms with van der Waals surface area (Å²) < 4.78 is 13.4. The first-order chi connectivity index (χ1) is 13.8. The standard InChI is InChI=1S/C26H26O2/c1-3-11-21(12-4-1)19-25(20-22-13-5-2-6-14-22)23-15-7-8-16-24(23)26(28-25)17-9-10-18-27-26/h1-8,11-16H,9-10,17-20H2/t26-/m1/s1. The molecule has 0 saturated carbocycles. The van der Waals surface area contributed by atoms with E-state index in [1.807, 2.05) is 0 Å². The average Bonchev–Trinajstić information content (AvgIpc) is 2.99. The van der Waals surface area contributed by atoms with Gasteiger partial charge in [0.15, 0.2) is 5.79 Å². The number of fused-ring (bicyclic) bond motifs is 2. The van der Waals surface area contributed by atoms with Crippen molar-refractivity contribution in [1.29, 1.82) is 0 Å². The van der Waals surface area contributed by atoms with Gasteiger partial charge in [0.25, 0.3) is 0 Å². The Bertz CT molecular complexity index is 885. The highest BCUT2D eigenvalue weighted by molar-refractivity contribution is 5.43. The first-order valence-corrected chi connectivity index (χ1v) is 10.3. The number of hydrogen-bond acceptors (Lipinski definition) is 2. The number of rotatable bonds is 4. The molecule has 5 rings (SSSR count). The largest absolute Gasteiger partial charge is 0.346 e. The number of benzene rings is 3. The molecule has 0 aromatic heterocycles. The molecule has 2 aliphatic rings. The molecule has 0 bridgehead atoms. The molecule has 3 aromatic rings. The summed E-state index contributed by atoms with van der Waals surface area (Å²) in [6.07, 6.45) is 4.85. The minimum absolute atomic E-state index is 0.420. The van der Waals surface area contributed by atoms with Crippen LogP contribution in [0.2, 0.25) is 0 Å². The highest BCUT2D eigenvalue weighted by Crippen LogP contribution is 2.54. The van der Waals surface area contributed by atoms with Crippen molar-refractivity contribution < 1.29 is 9.47 Å². The quantitative estimate of drug-likeness (QED) is 0.582. The second kappa shape index (κ2) is 7.20. The van der Waals surface area contributed by atoms with Gasteiger partial charge < -0.3 is 9.47 Å². The zero-order valence-corrected chi connectivity index (χ0v) is 16.1. The minimum atomic E-state index is -0.599. The molecular formula is C26H26O2. The lowest BCUT2D eigenvalue weighted by Gasteiger charge is -2.38. The molecular weight excluding hydrogens is 344 g/mol. The normalized spacial score (nSPS) is 22.9. The molecule has 0 N–H and O–H groups in total. The zero-order valence-electron chi connectivity index (χ0n) is 16.1. The summed E-state index contributed by atoms with van der Waals surface area (Å²) in [5.74, 6) is -0.599. The zero-order chi connectivity index (χ0) is 18.9. The molecule has 3 aromatic carbocycles. The van der Waals surface area contributed by atoms with Crippen molar-refractivity contribution in [3.8, 4) is 0 Å². The molecule has 0 aliphatic carbocycles. The third-order valence-electron chi connectivity index (χ3n) is 6.09. The first-order valence-electron chi connectivity index (χ1n) is 10.3. The second-order valence-electron chi connectivity index (χ2n) is 8.03. The summed E-state index contributed by atoms with van der Waals surface area (Å²) in [4.78, 5) is 0. The lowest BCUT2D eigenvalue weighted by atomic mass is 9.81. The molecule has 0 amide bonds. The van der Waals surface area contributed by atoms with Crippen LogP contribution in [0.4, 0.5) is 0 Å². The van der Waals surface area contributed by atoms with E-state index in [0.717, 1.165) is 38.7 Å². The van der Waals surface area contributed by atoms with Gasteiger partial charge in [0.2, 0.25) is 0 Å². The Morgan fingerprint density at radius 2 is 1.21 bits per heavy atom. The molecule has 1 spiro atoms. The van der Waals surface area contributed by atoms with Crippen LogP contribution in [0.15, 0.2) is 84.9 Å². The molecule has 142 valence electrons. The van der Waals surface area contributed by atoms with Crippen molar-refractivity contribution in [2.24, 2.45) is 0 Å². The van der Waals surface area contributed by atoms with Crippen molar-refractivity contribution in [3.05, 3.63) is 107 Å². The van der Waals surface area contributed by atoms with Crippen LogP contribution in [0.5, 0.6) is 0 Å². The number of hydrogen-bond donors (Lipinski definition) is 0. The maximum Gasteiger partial charge on any atom is 0.196 e. The van der Waals surface area contributed by atoms with Crippen LogP contribution in [0, 0.1) is 0 Å². The predicted molar refractivity (Wildman–Crippen MR) is 111 cm³/mol. The van der Waals surface area contributed by atoms with Gasteiger partial charge in [-0.2, -0.15) is 0 Å². The molecule has 2 heteroatoms. The predicted octanol–water partition coefficient (Wildman–Crippen LogP) is 5.75. The van der Waals surface area contributed by atoms with Gasteiger partial charge in [-0.1, -0.05) is 84.9 Å². The second-order valence-corrected chi connectivity index (χ2v) is 8.03. The fourth-order valence-electron chi connectivity index (χ4n) is 4.88. The van der Waals surface area contributed by atoms with Gasteiger partial charge in [-0.15, -0.1) is 0 Å². The monoisotopic (exact) mass is 370 g/mol. The van der Waals surface area contributed by atoms with Crippen LogP contribution in [0.1, 0.15) is 41.5 Å². The van der Waals surface area contributed by atoms with E-state index in [9.17, 15) is 0 Å². The SMILES string of the molecule is c1ccc(CC2(Cc3ccccc3)O[C@]3(CCCCO3)c3ccccc32)cc1. The van der Waals surface area contributed by atoms with Crippen LogP contribution in [0.3, 0.4) is 0 Å². The van der Waals surface area contributed by atoms with Gasteiger partial charge in [-0.05, 0) is 29.5 Å². The Kier molecular flexibility index (Phi) is 4.54. The maximum atomic E-state index is 7.03. The molecule has 0 radical (unpaired) electrons. The van der Waals surface area contributed by atoms with Crippen molar-refractivity contribution in [2.75, 3.05) is 6.61 Å². The average molecular weight is 370 g/mol. The summed E-state index contributed by atoms with van der Waals surface area (Å²) >= 11 is 0. The Morgan fingerprint density at radius 3 is 1.79 bits per heavy atom. The van der Waals surface area contributed by atoms with Crippen molar-refractivity contribution in [3.63, 3.8) is 0 Å². The van der Waals surface area contributed by atoms with E-state index >= 15 is 0 Å². The van der Waals surface area contributed by atoms with Gasteiger partial charge in [0, 0.05) is 24.8 Å². The Hall–Kier alpha value is -2.42. The van der Waals surface area contributed by atoms with Gasteiger partial charge in [-0.3, -0.25) is 0 Å². The van der Waals surface area contributed by atoms with E-state index in [1.54, 1.807) is 0 Å². The van der Waals surface area contributed by atoms with Crippen LogP contribution >= 0.6 is 0 Å². The summed E-state index contributed by atoms with van der Waals surface area (Å²) in [6.45, 7) is 0.765. The van der Waals surface area contributed by atoms with Crippen molar-refractivity contribution in [2.45, 2.75) is 43.5 Å². The van der Waals surface area contributed by atoms with E-state index in [2.05, 4.69) is 84.9 Å². The third-order valence-corrected chi connectivity index (χ3v) is 6.09. The van der Waals surface area contributed by atoms with E-state index in [-0.39, 0.29) is 0 Å². The summed E-state index contributed by atoms with van der Waals surface area (Å²) in [7, 11) is 0. The van der Waals surface area contributed by atoms with Gasteiger partial charge in [0.05, 0.1) is 6.61 Å². The fraction of sp³-hybridized carbons (Fsp3) is 0.308. The van der Waals surface area contributed by atoms with E-state index in [0.29, 0.717) is 0 Å². The van der Waals surface area contributed by atoms with Crippen molar-refractivity contribution in [1.82, 2.24) is 0 Å². The van der Waals surface area contributed by atoms with Gasteiger partial charge >= 0.3 is 0 Å². The van der Waals surface area contributed by atoms with E-state index in [1.165, 1.54) is 22.3 Å². The van der Waals surface area contributed by atoms with Crippen LogP contribution in [-0.2, 0) is 33.7 Å². The molecule has 1 atom stereocenters. The molecule has 2 heterocycles. The molecule has 28 heavy (non-hydrogen) atoms. The molecule has 1 fully saturated rings. The third kappa shape index (κ3) is 3.07. The molecule has 2 nitrogen and oxygen atoms in total. The Labute approximate surface area is 167 Å². The van der Waals surface area contributed by atoms with E-state index < -0.39 is 11.4 Å². The topological polar surface area (TPSA) is 18.5 Å². The van der Waals surface area contributed by atoms with Crippen molar-refractivity contribution >= 4 is 0 Å². The van der Waals surface area contributed by atoms with Crippen LogP contribution in [-0.4, -0.2) is 6.61 Å². The maximum absolute atomic E-state index is 7.03. The number of ether oxygens (including phenoxy) is 2. The first kappa shape index (κ1) is 17.7. The fourth-order valence-corrected chi connectivity index (χ4v) is 4.88. The minimum Gasteiger partial charge on any atom is -0.346 e. The Morgan fingerprint density at radius 1 is 0.643 bits per heavy atom. The molecule has 1 saturated heterocycles. The summed E-state index contributed by atoms with van der Waals surface area (Å²) in [6, 6.07) is 30.1. The molecule has 2 aliphatic heterocycles. The van der Waals surface area contributed by atoms with Gasteiger partial charge in [0.1, 0.15) is 5.60 Å².